The second-order valence-electron chi connectivity index (χ2n) is 6.36. The molecule has 4 rings (SSSR count). The first-order valence-corrected chi connectivity index (χ1v) is 9.00. The summed E-state index contributed by atoms with van der Waals surface area (Å²) in [6, 6.07) is 0. The lowest BCUT2D eigenvalue weighted by molar-refractivity contribution is 0.388. The zero-order chi connectivity index (χ0) is 15.0. The van der Waals surface area contributed by atoms with Crippen molar-refractivity contribution in [3.8, 4) is 0 Å². The number of hydrogen-bond donors (Lipinski definition) is 2. The molecule has 0 spiro atoms. The van der Waals surface area contributed by atoms with Gasteiger partial charge in [-0.1, -0.05) is 0 Å². The van der Waals surface area contributed by atoms with Gasteiger partial charge in [-0.25, -0.2) is 0 Å². The zero-order valence-corrected chi connectivity index (χ0v) is 13.7. The molecule has 0 bridgehead atoms. The second kappa shape index (κ2) is 8.25. The van der Waals surface area contributed by atoms with E-state index >= 15 is 0 Å². The van der Waals surface area contributed by atoms with Crippen LogP contribution in [0.1, 0.15) is 38.5 Å². The Bertz CT molecular complexity index is 367. The molecule has 2 fully saturated rings. The molecule has 0 saturated carbocycles. The van der Waals surface area contributed by atoms with Crippen LogP contribution >= 0.6 is 0 Å². The van der Waals surface area contributed by atoms with E-state index in [1.165, 1.54) is 64.7 Å². The van der Waals surface area contributed by atoms with Gasteiger partial charge in [0.15, 0.2) is 11.9 Å². The van der Waals surface area contributed by atoms with E-state index in [0.717, 1.165) is 38.1 Å². The van der Waals surface area contributed by atoms with Gasteiger partial charge in [0.1, 0.15) is 0 Å². The van der Waals surface area contributed by atoms with Gasteiger partial charge in [-0.2, -0.15) is 0 Å². The molecule has 0 aromatic carbocycles. The monoisotopic (exact) mass is 306 g/mol. The first-order chi connectivity index (χ1) is 10.9. The maximum absolute atomic E-state index is 4.44. The van der Waals surface area contributed by atoms with Crippen molar-refractivity contribution >= 4 is 11.9 Å². The Morgan fingerprint density at radius 1 is 0.591 bits per heavy atom. The third kappa shape index (κ3) is 4.27. The topological polar surface area (TPSA) is 55.3 Å². The van der Waals surface area contributed by atoms with Gasteiger partial charge in [-0.3, -0.25) is 9.98 Å². The van der Waals surface area contributed by atoms with Gasteiger partial charge in [0.2, 0.25) is 0 Å². The lowest BCUT2D eigenvalue weighted by Gasteiger charge is -2.27. The van der Waals surface area contributed by atoms with Crippen LogP contribution in [-0.4, -0.2) is 74.1 Å². The smallest absolute Gasteiger partial charge is 0.193 e. The Balaban J connectivity index is 0.000000131. The molecule has 6 nitrogen and oxygen atoms in total. The van der Waals surface area contributed by atoms with E-state index in [2.05, 4.69) is 30.4 Å². The summed E-state index contributed by atoms with van der Waals surface area (Å²) in [5.41, 5.74) is 0. The van der Waals surface area contributed by atoms with E-state index < -0.39 is 0 Å². The number of guanidine groups is 2. The average molecular weight is 306 g/mol. The first-order valence-electron chi connectivity index (χ1n) is 9.00. The maximum Gasteiger partial charge on any atom is 0.193 e. The Kier molecular flexibility index (Phi) is 5.79. The minimum absolute atomic E-state index is 1.01. The minimum Gasteiger partial charge on any atom is -0.356 e. The molecule has 2 saturated heterocycles. The zero-order valence-electron chi connectivity index (χ0n) is 13.7. The van der Waals surface area contributed by atoms with E-state index in [1.54, 1.807) is 0 Å². The molecule has 22 heavy (non-hydrogen) atoms. The van der Waals surface area contributed by atoms with Gasteiger partial charge >= 0.3 is 0 Å². The van der Waals surface area contributed by atoms with Crippen molar-refractivity contribution in [2.45, 2.75) is 38.5 Å². The van der Waals surface area contributed by atoms with Crippen LogP contribution in [0.4, 0.5) is 0 Å². The molecule has 0 aliphatic carbocycles. The van der Waals surface area contributed by atoms with Crippen molar-refractivity contribution in [1.29, 1.82) is 0 Å². The molecule has 0 amide bonds. The van der Waals surface area contributed by atoms with E-state index in [1.807, 2.05) is 0 Å². The lowest BCUT2D eigenvalue weighted by atomic mass is 10.3. The number of nitrogens with zero attached hydrogens (tertiary/aromatic N) is 4. The van der Waals surface area contributed by atoms with Gasteiger partial charge in [0.25, 0.3) is 0 Å². The van der Waals surface area contributed by atoms with Gasteiger partial charge in [-0.05, 0) is 38.5 Å². The van der Waals surface area contributed by atoms with Crippen LogP contribution < -0.4 is 10.6 Å². The van der Waals surface area contributed by atoms with Crippen molar-refractivity contribution in [2.75, 3.05) is 52.4 Å². The van der Waals surface area contributed by atoms with E-state index in [-0.39, 0.29) is 0 Å². The average Bonchev–Trinajstić information content (AvgIpc) is 2.95. The van der Waals surface area contributed by atoms with Crippen LogP contribution in [-0.2, 0) is 0 Å². The highest BCUT2D eigenvalue weighted by Crippen LogP contribution is 2.07. The first kappa shape index (κ1) is 15.4. The molecule has 6 heteroatoms. The molecule has 0 atom stereocenters. The fourth-order valence-electron chi connectivity index (χ4n) is 3.33. The Morgan fingerprint density at radius 3 is 1.55 bits per heavy atom. The molecule has 0 aromatic heterocycles. The summed E-state index contributed by atoms with van der Waals surface area (Å²) in [6.07, 6.45) is 7.65. The fourth-order valence-corrected chi connectivity index (χ4v) is 3.33. The largest absolute Gasteiger partial charge is 0.356 e. The Morgan fingerprint density at radius 2 is 1.05 bits per heavy atom. The third-order valence-corrected chi connectivity index (χ3v) is 4.57. The molecule has 0 unspecified atom stereocenters. The van der Waals surface area contributed by atoms with Gasteiger partial charge in [0.05, 0.1) is 0 Å². The van der Waals surface area contributed by atoms with Crippen molar-refractivity contribution in [2.24, 2.45) is 9.98 Å². The van der Waals surface area contributed by atoms with Crippen LogP contribution in [0, 0.1) is 0 Å². The van der Waals surface area contributed by atoms with Crippen LogP contribution in [0.2, 0.25) is 0 Å². The summed E-state index contributed by atoms with van der Waals surface area (Å²) in [5, 5.41) is 6.72. The quantitative estimate of drug-likeness (QED) is 0.697. The predicted octanol–water partition coefficient (Wildman–Crippen LogP) is 0.863. The van der Waals surface area contributed by atoms with E-state index in [4.69, 9.17) is 0 Å². The minimum atomic E-state index is 1.01. The number of nitrogens with one attached hydrogen (secondary N) is 2. The number of hydrogen-bond acceptors (Lipinski definition) is 6. The summed E-state index contributed by atoms with van der Waals surface area (Å²) in [7, 11) is 0. The normalized spacial score (nSPS) is 24.7. The molecular formula is C16H30N6. The van der Waals surface area contributed by atoms with E-state index in [0.29, 0.717) is 0 Å². The molecule has 4 aliphatic rings. The summed E-state index contributed by atoms with van der Waals surface area (Å²) in [4.78, 5) is 13.6. The standard InChI is InChI=1S/2C8H15N3/c2*1-2-6-11-7-3-5-10-8(11)9-4-1/h2*1-7H2,(H,9,10). The van der Waals surface area contributed by atoms with Crippen molar-refractivity contribution in [3.63, 3.8) is 0 Å². The van der Waals surface area contributed by atoms with Crippen molar-refractivity contribution in [3.05, 3.63) is 0 Å². The highest BCUT2D eigenvalue weighted by Gasteiger charge is 2.17. The highest BCUT2D eigenvalue weighted by molar-refractivity contribution is 5.81. The molecule has 0 aromatic rings. The number of rotatable bonds is 0. The highest BCUT2D eigenvalue weighted by atomic mass is 15.3. The van der Waals surface area contributed by atoms with Crippen molar-refractivity contribution < 1.29 is 0 Å². The van der Waals surface area contributed by atoms with Crippen molar-refractivity contribution in [1.82, 2.24) is 20.4 Å². The summed E-state index contributed by atoms with van der Waals surface area (Å²) < 4.78 is 0. The molecule has 4 heterocycles. The maximum atomic E-state index is 4.44. The Labute approximate surface area is 134 Å². The van der Waals surface area contributed by atoms with E-state index in [9.17, 15) is 0 Å². The SMILES string of the molecule is C1CCN2CCCN=C2NC1.C1CCN2CCCN=C2NC1. The third-order valence-electron chi connectivity index (χ3n) is 4.57. The summed E-state index contributed by atoms with van der Waals surface area (Å²) in [6.45, 7) is 9.04. The molecule has 124 valence electrons. The Hall–Kier alpha value is -1.46. The number of aliphatic imine (C=N–C) groups is 2. The van der Waals surface area contributed by atoms with Gasteiger partial charge in [0, 0.05) is 52.4 Å². The lowest BCUT2D eigenvalue weighted by Crippen LogP contribution is -2.43. The number of fused-ring (bicyclic) bond motifs is 2. The summed E-state index contributed by atoms with van der Waals surface area (Å²) in [5.74, 6) is 2.29. The fraction of sp³-hybridized carbons (Fsp3) is 0.875. The van der Waals surface area contributed by atoms with Crippen LogP contribution in [0.25, 0.3) is 0 Å². The molecule has 0 radical (unpaired) electrons. The predicted molar refractivity (Wildman–Crippen MR) is 91.5 cm³/mol. The van der Waals surface area contributed by atoms with Crippen LogP contribution in [0.5, 0.6) is 0 Å². The van der Waals surface area contributed by atoms with Gasteiger partial charge in [-0.15, -0.1) is 0 Å². The van der Waals surface area contributed by atoms with Gasteiger partial charge < -0.3 is 20.4 Å². The summed E-state index contributed by atoms with van der Waals surface area (Å²) >= 11 is 0. The molecule has 4 aliphatic heterocycles. The molecular weight excluding hydrogens is 276 g/mol. The van der Waals surface area contributed by atoms with Crippen LogP contribution in [0.3, 0.4) is 0 Å². The second-order valence-corrected chi connectivity index (χ2v) is 6.36. The molecule has 2 N–H and O–H groups in total. The van der Waals surface area contributed by atoms with Crippen LogP contribution in [0.15, 0.2) is 9.98 Å².